The highest BCUT2D eigenvalue weighted by Crippen LogP contribution is 2.28. The number of ether oxygens (including phenoxy) is 2. The monoisotopic (exact) mass is 535 g/mol. The number of hydrogen-bond acceptors (Lipinski definition) is 7. The van der Waals surface area contributed by atoms with Crippen LogP contribution in [0, 0.1) is 0 Å². The van der Waals surface area contributed by atoms with Crippen LogP contribution in [0.15, 0.2) is 66.4 Å². The average Bonchev–Trinajstić information content (AvgIpc) is 3.30. The Morgan fingerprint density at radius 1 is 1.11 bits per heavy atom. The zero-order valence-electron chi connectivity index (χ0n) is 22.1. The van der Waals surface area contributed by atoms with E-state index in [0.717, 1.165) is 16.8 Å². The molecule has 3 aromatic rings. The molecule has 0 bridgehead atoms. The van der Waals surface area contributed by atoms with Crippen molar-refractivity contribution < 1.29 is 19.1 Å². The van der Waals surface area contributed by atoms with Crippen molar-refractivity contribution in [1.82, 2.24) is 20.1 Å². The second-order valence-electron chi connectivity index (χ2n) is 8.54. The number of rotatable bonds is 13. The van der Waals surface area contributed by atoms with E-state index in [1.165, 1.54) is 17.8 Å². The van der Waals surface area contributed by atoms with E-state index in [-0.39, 0.29) is 24.1 Å². The summed E-state index contributed by atoms with van der Waals surface area (Å²) >= 11 is 1.28. The SMILES string of the molecule is C=CCn1c(CNC(=O)/C=C/c2ccc(OC)c(OC)c2)nnc1SCC(=O)Nc1ccccc1C(C)C. The molecule has 2 aromatic carbocycles. The van der Waals surface area contributed by atoms with Crippen LogP contribution in [0.4, 0.5) is 5.69 Å². The maximum absolute atomic E-state index is 12.6. The summed E-state index contributed by atoms with van der Waals surface area (Å²) in [7, 11) is 3.13. The zero-order valence-corrected chi connectivity index (χ0v) is 22.9. The minimum absolute atomic E-state index is 0.133. The molecule has 0 fully saturated rings. The summed E-state index contributed by atoms with van der Waals surface area (Å²) in [5.41, 5.74) is 2.68. The summed E-state index contributed by atoms with van der Waals surface area (Å²) in [5, 5.41) is 14.8. The largest absolute Gasteiger partial charge is 0.493 e. The number of para-hydroxylation sites is 1. The molecule has 0 aliphatic carbocycles. The van der Waals surface area contributed by atoms with Gasteiger partial charge in [-0.3, -0.25) is 9.59 Å². The standard InChI is InChI=1S/C28H33N5O4S/c1-6-15-33-25(17-29-26(34)14-12-20-11-13-23(36-4)24(16-20)37-5)31-32-28(33)38-18-27(35)30-22-10-8-7-9-21(22)19(2)3/h6-14,16,19H,1,15,17-18H2,2-5H3,(H,29,34)(H,30,35)/b14-12+. The number of anilines is 1. The van der Waals surface area contributed by atoms with Crippen molar-refractivity contribution >= 4 is 35.3 Å². The van der Waals surface area contributed by atoms with Crippen LogP contribution in [0.25, 0.3) is 6.08 Å². The Morgan fingerprint density at radius 2 is 1.87 bits per heavy atom. The summed E-state index contributed by atoms with van der Waals surface area (Å²) in [4.78, 5) is 25.0. The van der Waals surface area contributed by atoms with Gasteiger partial charge in [0.05, 0.1) is 26.5 Å². The maximum Gasteiger partial charge on any atom is 0.244 e. The van der Waals surface area contributed by atoms with Gasteiger partial charge in [-0.25, -0.2) is 0 Å². The molecule has 1 aromatic heterocycles. The highest BCUT2D eigenvalue weighted by Gasteiger charge is 2.15. The normalized spacial score (nSPS) is 11.0. The molecule has 2 N–H and O–H groups in total. The first kappa shape index (κ1) is 28.5. The van der Waals surface area contributed by atoms with Crippen molar-refractivity contribution in [2.45, 2.75) is 38.0 Å². The van der Waals surface area contributed by atoms with E-state index in [0.29, 0.717) is 34.9 Å². The fourth-order valence-electron chi connectivity index (χ4n) is 3.65. The Balaban J connectivity index is 1.59. The molecule has 38 heavy (non-hydrogen) atoms. The Labute approximate surface area is 227 Å². The van der Waals surface area contributed by atoms with Gasteiger partial charge in [0.15, 0.2) is 22.5 Å². The van der Waals surface area contributed by atoms with E-state index in [1.54, 1.807) is 38.5 Å². The molecule has 1 heterocycles. The Morgan fingerprint density at radius 3 is 2.58 bits per heavy atom. The van der Waals surface area contributed by atoms with Crippen LogP contribution >= 0.6 is 11.8 Å². The van der Waals surface area contributed by atoms with Gasteiger partial charge in [0.25, 0.3) is 0 Å². The van der Waals surface area contributed by atoms with Crippen LogP contribution in [-0.2, 0) is 22.7 Å². The predicted molar refractivity (Wildman–Crippen MR) is 151 cm³/mol. The number of hydrogen-bond donors (Lipinski definition) is 2. The Hall–Kier alpha value is -4.05. The second-order valence-corrected chi connectivity index (χ2v) is 9.48. The molecule has 3 rings (SSSR count). The molecule has 0 unspecified atom stereocenters. The summed E-state index contributed by atoms with van der Waals surface area (Å²) in [6.45, 7) is 8.59. The van der Waals surface area contributed by atoms with Crippen LogP contribution in [0.5, 0.6) is 11.5 Å². The van der Waals surface area contributed by atoms with Gasteiger partial charge in [-0.2, -0.15) is 0 Å². The molecule has 0 saturated carbocycles. The minimum Gasteiger partial charge on any atom is -0.493 e. The van der Waals surface area contributed by atoms with Gasteiger partial charge in [0.2, 0.25) is 11.8 Å². The number of methoxy groups -OCH3 is 2. The highest BCUT2D eigenvalue weighted by molar-refractivity contribution is 7.99. The van der Waals surface area contributed by atoms with Crippen molar-refractivity contribution in [3.8, 4) is 11.5 Å². The van der Waals surface area contributed by atoms with Crippen LogP contribution in [-0.4, -0.2) is 46.6 Å². The molecule has 2 amide bonds. The van der Waals surface area contributed by atoms with Gasteiger partial charge >= 0.3 is 0 Å². The number of amides is 2. The summed E-state index contributed by atoms with van der Waals surface area (Å²) in [6, 6.07) is 13.2. The highest BCUT2D eigenvalue weighted by atomic mass is 32.2. The average molecular weight is 536 g/mol. The summed E-state index contributed by atoms with van der Waals surface area (Å²) in [6.07, 6.45) is 4.84. The van der Waals surface area contributed by atoms with E-state index in [9.17, 15) is 9.59 Å². The molecule has 0 spiro atoms. The fourth-order valence-corrected chi connectivity index (χ4v) is 4.42. The lowest BCUT2D eigenvalue weighted by Crippen LogP contribution is -2.23. The second kappa shape index (κ2) is 14.0. The van der Waals surface area contributed by atoms with Crippen molar-refractivity contribution in [3.63, 3.8) is 0 Å². The zero-order chi connectivity index (χ0) is 27.5. The number of nitrogens with one attached hydrogen (secondary N) is 2. The van der Waals surface area contributed by atoms with Crippen LogP contribution < -0.4 is 20.1 Å². The molecule has 9 nitrogen and oxygen atoms in total. The quantitative estimate of drug-likeness (QED) is 0.186. The van der Waals surface area contributed by atoms with Crippen molar-refractivity contribution in [1.29, 1.82) is 0 Å². The Bertz CT molecular complexity index is 1300. The topological polar surface area (TPSA) is 107 Å². The van der Waals surface area contributed by atoms with E-state index < -0.39 is 0 Å². The number of aromatic nitrogens is 3. The van der Waals surface area contributed by atoms with E-state index in [1.807, 2.05) is 34.9 Å². The molecule has 0 radical (unpaired) electrons. The maximum atomic E-state index is 12.6. The van der Waals surface area contributed by atoms with E-state index in [4.69, 9.17) is 9.47 Å². The van der Waals surface area contributed by atoms with Gasteiger partial charge in [0, 0.05) is 18.3 Å². The number of benzene rings is 2. The molecule has 0 atom stereocenters. The number of nitrogens with zero attached hydrogens (tertiary/aromatic N) is 3. The van der Waals surface area contributed by atoms with E-state index >= 15 is 0 Å². The van der Waals surface area contributed by atoms with Gasteiger partial charge < -0.3 is 24.7 Å². The summed E-state index contributed by atoms with van der Waals surface area (Å²) in [5.74, 6) is 1.80. The van der Waals surface area contributed by atoms with Crippen LogP contribution in [0.2, 0.25) is 0 Å². The van der Waals surface area contributed by atoms with Gasteiger partial charge in [-0.1, -0.05) is 56.0 Å². The van der Waals surface area contributed by atoms with Crippen LogP contribution in [0.1, 0.15) is 36.7 Å². The minimum atomic E-state index is -0.287. The van der Waals surface area contributed by atoms with Crippen LogP contribution in [0.3, 0.4) is 0 Å². The molecular formula is C28H33N5O4S. The fraction of sp³-hybridized carbons (Fsp3) is 0.286. The number of carbonyl (C=O) groups excluding carboxylic acids is 2. The molecule has 0 aliphatic rings. The number of carbonyl (C=O) groups is 2. The lowest BCUT2D eigenvalue weighted by atomic mass is 10.0. The first-order valence-corrected chi connectivity index (χ1v) is 13.1. The van der Waals surface area contributed by atoms with Crippen molar-refractivity contribution in [2.24, 2.45) is 0 Å². The smallest absolute Gasteiger partial charge is 0.244 e. The first-order chi connectivity index (χ1) is 18.4. The van der Waals surface area contributed by atoms with Gasteiger partial charge in [-0.15, -0.1) is 16.8 Å². The molecule has 200 valence electrons. The lowest BCUT2D eigenvalue weighted by Gasteiger charge is -2.13. The predicted octanol–water partition coefficient (Wildman–Crippen LogP) is 4.67. The lowest BCUT2D eigenvalue weighted by molar-refractivity contribution is -0.116. The number of allylic oxidation sites excluding steroid dienone is 1. The van der Waals surface area contributed by atoms with Crippen molar-refractivity contribution in [3.05, 3.63) is 78.1 Å². The molecule has 0 aliphatic heterocycles. The third kappa shape index (κ3) is 7.72. The van der Waals surface area contributed by atoms with Crippen molar-refractivity contribution in [2.75, 3.05) is 25.3 Å². The molecule has 0 saturated heterocycles. The molecular weight excluding hydrogens is 502 g/mol. The van der Waals surface area contributed by atoms with E-state index in [2.05, 4.69) is 41.3 Å². The Kier molecular flexibility index (Phi) is 10.5. The third-order valence-electron chi connectivity index (χ3n) is 5.55. The number of thioether (sulfide) groups is 1. The van der Waals surface area contributed by atoms with Gasteiger partial charge in [0.1, 0.15) is 0 Å². The summed E-state index contributed by atoms with van der Waals surface area (Å²) < 4.78 is 12.4. The first-order valence-electron chi connectivity index (χ1n) is 12.1. The third-order valence-corrected chi connectivity index (χ3v) is 6.52. The molecule has 10 heteroatoms. The van der Waals surface area contributed by atoms with Gasteiger partial charge in [-0.05, 0) is 41.3 Å².